The van der Waals surface area contributed by atoms with E-state index in [1.165, 1.54) is 6.42 Å². The highest BCUT2D eigenvalue weighted by Crippen LogP contribution is 2.31. The minimum atomic E-state index is -0.0448. The van der Waals surface area contributed by atoms with E-state index in [-0.39, 0.29) is 18.5 Å². The fourth-order valence-corrected chi connectivity index (χ4v) is 4.16. The van der Waals surface area contributed by atoms with E-state index in [4.69, 9.17) is 14.0 Å². The molecular formula is C26H29N3O4. The summed E-state index contributed by atoms with van der Waals surface area (Å²) in [5.74, 6) is 2.03. The normalized spacial score (nSPS) is 14.4. The number of hydrogen-bond acceptors (Lipinski definition) is 6. The number of benzene rings is 2. The summed E-state index contributed by atoms with van der Waals surface area (Å²) in [4.78, 5) is 19.6. The number of aromatic nitrogens is 2. The van der Waals surface area contributed by atoms with Crippen LogP contribution in [0.1, 0.15) is 43.6 Å². The topological polar surface area (TPSA) is 77.7 Å². The molecule has 7 heteroatoms. The van der Waals surface area contributed by atoms with Crippen molar-refractivity contribution >= 4 is 12.0 Å². The zero-order valence-corrected chi connectivity index (χ0v) is 19.1. The summed E-state index contributed by atoms with van der Waals surface area (Å²) >= 11 is 0. The minimum Gasteiger partial charge on any atom is -0.493 e. The predicted octanol–water partition coefficient (Wildman–Crippen LogP) is 5.13. The van der Waals surface area contributed by atoms with Crippen LogP contribution in [0.15, 0.2) is 59.1 Å². The number of nitrogens with zero attached hydrogens (tertiary/aromatic N) is 3. The molecule has 0 aliphatic heterocycles. The number of rotatable bonds is 8. The lowest BCUT2D eigenvalue weighted by molar-refractivity contribution is -0.130. The van der Waals surface area contributed by atoms with Crippen LogP contribution < -0.4 is 9.47 Å². The van der Waals surface area contributed by atoms with E-state index < -0.39 is 0 Å². The Morgan fingerprint density at radius 1 is 1.06 bits per heavy atom. The molecule has 1 amide bonds. The summed E-state index contributed by atoms with van der Waals surface area (Å²) < 4.78 is 16.2. The van der Waals surface area contributed by atoms with Gasteiger partial charge in [0.25, 0.3) is 0 Å². The molecule has 1 heterocycles. The number of carbonyl (C=O) groups is 1. The molecular weight excluding hydrogens is 418 g/mol. The molecule has 2 aromatic carbocycles. The van der Waals surface area contributed by atoms with Gasteiger partial charge in [0.15, 0.2) is 11.5 Å². The molecule has 1 fully saturated rings. The molecule has 33 heavy (non-hydrogen) atoms. The molecule has 172 valence electrons. The average Bonchev–Trinajstić information content (AvgIpc) is 3.35. The Bertz CT molecular complexity index is 1090. The van der Waals surface area contributed by atoms with Crippen molar-refractivity contribution in [1.82, 2.24) is 15.0 Å². The quantitative estimate of drug-likeness (QED) is 0.446. The molecule has 1 aliphatic carbocycles. The zero-order chi connectivity index (χ0) is 23.0. The minimum absolute atomic E-state index is 0.0448. The van der Waals surface area contributed by atoms with E-state index in [2.05, 4.69) is 10.1 Å². The lowest BCUT2D eigenvalue weighted by Crippen LogP contribution is -2.40. The molecule has 1 aromatic heterocycles. The third-order valence-corrected chi connectivity index (χ3v) is 5.93. The lowest BCUT2D eigenvalue weighted by atomic mass is 9.94. The maximum absolute atomic E-state index is 13.2. The van der Waals surface area contributed by atoms with Gasteiger partial charge >= 0.3 is 0 Å². The molecule has 0 saturated heterocycles. The van der Waals surface area contributed by atoms with E-state index in [0.717, 1.165) is 36.8 Å². The third-order valence-electron chi connectivity index (χ3n) is 5.93. The van der Waals surface area contributed by atoms with Gasteiger partial charge in [-0.3, -0.25) is 4.79 Å². The SMILES string of the molecule is COc1ccc(-c2noc(CN(C(=O)C=Cc3ccccc3)C3CCCCC3)n2)cc1OC. The van der Waals surface area contributed by atoms with Crippen molar-refractivity contribution in [3.63, 3.8) is 0 Å². The number of ether oxygens (including phenoxy) is 2. The molecule has 1 aliphatic rings. The van der Waals surface area contributed by atoms with Gasteiger partial charge in [0, 0.05) is 17.7 Å². The van der Waals surface area contributed by atoms with E-state index in [9.17, 15) is 4.79 Å². The largest absolute Gasteiger partial charge is 0.493 e. The van der Waals surface area contributed by atoms with Crippen molar-refractivity contribution in [2.75, 3.05) is 14.2 Å². The fourth-order valence-electron chi connectivity index (χ4n) is 4.16. The van der Waals surface area contributed by atoms with Crippen LogP contribution in [0.5, 0.6) is 11.5 Å². The Labute approximate surface area is 194 Å². The van der Waals surface area contributed by atoms with Crippen molar-refractivity contribution in [2.45, 2.75) is 44.7 Å². The Morgan fingerprint density at radius 3 is 2.55 bits per heavy atom. The summed E-state index contributed by atoms with van der Waals surface area (Å²) in [5, 5.41) is 4.13. The van der Waals surface area contributed by atoms with Gasteiger partial charge in [0.05, 0.1) is 14.2 Å². The number of amides is 1. The van der Waals surface area contributed by atoms with Crippen molar-refractivity contribution in [3.8, 4) is 22.9 Å². The standard InChI is InChI=1S/C26H29N3O4/c1-31-22-15-14-20(17-23(22)32-2)26-27-24(33-28-26)18-29(21-11-7-4-8-12-21)25(30)16-13-19-9-5-3-6-10-19/h3,5-6,9-10,13-17,21H,4,7-8,11-12,18H2,1-2H3. The van der Waals surface area contributed by atoms with Crippen molar-refractivity contribution in [2.24, 2.45) is 0 Å². The van der Waals surface area contributed by atoms with Gasteiger partial charge in [-0.25, -0.2) is 0 Å². The van der Waals surface area contributed by atoms with Gasteiger partial charge in [-0.15, -0.1) is 0 Å². The van der Waals surface area contributed by atoms with Gasteiger partial charge in [-0.1, -0.05) is 54.8 Å². The summed E-state index contributed by atoms with van der Waals surface area (Å²) in [6.45, 7) is 0.281. The van der Waals surface area contributed by atoms with E-state index >= 15 is 0 Å². The Balaban J connectivity index is 1.53. The monoisotopic (exact) mass is 447 g/mol. The summed E-state index contributed by atoms with van der Waals surface area (Å²) in [7, 11) is 3.17. The van der Waals surface area contributed by atoms with Crippen LogP contribution in [0, 0.1) is 0 Å². The van der Waals surface area contributed by atoms with Crippen LogP contribution in [-0.4, -0.2) is 41.2 Å². The van der Waals surface area contributed by atoms with Crippen LogP contribution in [0.2, 0.25) is 0 Å². The van der Waals surface area contributed by atoms with Gasteiger partial charge < -0.3 is 18.9 Å². The highest BCUT2D eigenvalue weighted by molar-refractivity contribution is 5.92. The summed E-state index contributed by atoms with van der Waals surface area (Å²) in [6, 6.07) is 15.4. The first-order chi connectivity index (χ1) is 16.2. The van der Waals surface area contributed by atoms with Crippen LogP contribution in [0.4, 0.5) is 0 Å². The molecule has 7 nitrogen and oxygen atoms in total. The van der Waals surface area contributed by atoms with Gasteiger partial charge in [0.2, 0.25) is 17.6 Å². The molecule has 0 radical (unpaired) electrons. The van der Waals surface area contributed by atoms with Gasteiger partial charge in [0.1, 0.15) is 6.54 Å². The molecule has 0 bridgehead atoms. The van der Waals surface area contributed by atoms with Crippen molar-refractivity contribution < 1.29 is 18.8 Å². The highest BCUT2D eigenvalue weighted by Gasteiger charge is 2.26. The van der Waals surface area contributed by atoms with Gasteiger partial charge in [-0.2, -0.15) is 4.98 Å². The molecule has 1 saturated carbocycles. The van der Waals surface area contributed by atoms with E-state index in [1.54, 1.807) is 32.4 Å². The Kier molecular flexibility index (Phi) is 7.40. The first-order valence-electron chi connectivity index (χ1n) is 11.3. The van der Waals surface area contributed by atoms with Crippen molar-refractivity contribution in [3.05, 3.63) is 66.1 Å². The van der Waals surface area contributed by atoms with Crippen LogP contribution in [0.25, 0.3) is 17.5 Å². The van der Waals surface area contributed by atoms with E-state index in [0.29, 0.717) is 23.2 Å². The first-order valence-corrected chi connectivity index (χ1v) is 11.3. The molecule has 0 spiro atoms. The fraction of sp³-hybridized carbons (Fsp3) is 0.346. The highest BCUT2D eigenvalue weighted by atomic mass is 16.5. The van der Waals surface area contributed by atoms with Gasteiger partial charge in [-0.05, 0) is 42.7 Å². The molecule has 0 N–H and O–H groups in total. The lowest BCUT2D eigenvalue weighted by Gasteiger charge is -2.32. The maximum atomic E-state index is 13.2. The second kappa shape index (κ2) is 10.8. The number of carbonyl (C=O) groups excluding carboxylic acids is 1. The van der Waals surface area contributed by atoms with Crippen LogP contribution >= 0.6 is 0 Å². The summed E-state index contributed by atoms with van der Waals surface area (Å²) in [5.41, 5.74) is 1.74. The number of methoxy groups -OCH3 is 2. The van der Waals surface area contributed by atoms with Crippen LogP contribution in [0.3, 0.4) is 0 Å². The average molecular weight is 448 g/mol. The smallest absolute Gasteiger partial charge is 0.247 e. The second-order valence-electron chi connectivity index (χ2n) is 8.08. The number of hydrogen-bond donors (Lipinski definition) is 0. The predicted molar refractivity (Wildman–Crippen MR) is 126 cm³/mol. The second-order valence-corrected chi connectivity index (χ2v) is 8.08. The molecule has 4 rings (SSSR count). The molecule has 0 atom stereocenters. The Morgan fingerprint density at radius 2 is 1.82 bits per heavy atom. The first kappa shape index (κ1) is 22.6. The van der Waals surface area contributed by atoms with E-state index in [1.807, 2.05) is 47.4 Å². The Hall–Kier alpha value is -3.61. The molecule has 3 aromatic rings. The summed E-state index contributed by atoms with van der Waals surface area (Å²) in [6.07, 6.45) is 8.91. The zero-order valence-electron chi connectivity index (χ0n) is 19.1. The van der Waals surface area contributed by atoms with Crippen LogP contribution in [-0.2, 0) is 11.3 Å². The molecule has 0 unspecified atom stereocenters. The van der Waals surface area contributed by atoms with Crippen molar-refractivity contribution in [1.29, 1.82) is 0 Å². The maximum Gasteiger partial charge on any atom is 0.247 e. The third kappa shape index (κ3) is 5.61.